The van der Waals surface area contributed by atoms with E-state index in [1.165, 1.54) is 0 Å². The second-order valence-corrected chi connectivity index (χ2v) is 4.97. The molecule has 0 radical (unpaired) electrons. The van der Waals surface area contributed by atoms with Gasteiger partial charge in [0.1, 0.15) is 17.2 Å². The molecule has 0 saturated carbocycles. The number of pyridine rings is 1. The zero-order chi connectivity index (χ0) is 14.8. The highest BCUT2D eigenvalue weighted by Gasteiger charge is 2.12. The fourth-order valence-corrected chi connectivity index (χ4v) is 2.40. The Kier molecular flexibility index (Phi) is 3.50. The zero-order valence-electron chi connectivity index (χ0n) is 11.7. The molecule has 21 heavy (non-hydrogen) atoms. The number of hydrogen-bond acceptors (Lipinski definition) is 4. The minimum atomic E-state index is 0.0372. The number of aliphatic hydroxyl groups excluding tert-OH is 1. The Morgan fingerprint density at radius 3 is 2.86 bits per heavy atom. The lowest BCUT2D eigenvalue weighted by molar-refractivity contribution is 0.311. The third kappa shape index (κ3) is 2.55. The molecule has 108 valence electrons. The molecule has 0 amide bonds. The first kappa shape index (κ1) is 13.5. The predicted molar refractivity (Wildman–Crippen MR) is 83.5 cm³/mol. The van der Waals surface area contributed by atoms with Gasteiger partial charge in [0, 0.05) is 29.3 Å². The van der Waals surface area contributed by atoms with Crippen LogP contribution in [0.15, 0.2) is 36.5 Å². The quantitative estimate of drug-likeness (QED) is 0.593. The largest absolute Gasteiger partial charge is 0.507 e. The van der Waals surface area contributed by atoms with Crippen LogP contribution in [0.3, 0.4) is 0 Å². The Bertz CT molecular complexity index is 780. The van der Waals surface area contributed by atoms with Gasteiger partial charge in [-0.2, -0.15) is 0 Å². The first-order chi connectivity index (χ1) is 10.2. The average molecular weight is 283 g/mol. The maximum absolute atomic E-state index is 10.2. The highest BCUT2D eigenvalue weighted by molar-refractivity contribution is 5.96. The van der Waals surface area contributed by atoms with Crippen LogP contribution in [0.4, 0.5) is 5.82 Å². The molecule has 2 heterocycles. The maximum atomic E-state index is 10.2. The summed E-state index contributed by atoms with van der Waals surface area (Å²) in [6.07, 6.45) is 1.82. The lowest BCUT2D eigenvalue weighted by Gasteiger charge is -2.11. The van der Waals surface area contributed by atoms with Gasteiger partial charge in [0.2, 0.25) is 0 Å². The molecule has 5 nitrogen and oxygen atoms in total. The van der Waals surface area contributed by atoms with Crippen LogP contribution >= 0.6 is 0 Å². The summed E-state index contributed by atoms with van der Waals surface area (Å²) < 4.78 is 0. The van der Waals surface area contributed by atoms with Gasteiger partial charge in [-0.1, -0.05) is 11.6 Å². The van der Waals surface area contributed by atoms with Crippen molar-refractivity contribution in [3.63, 3.8) is 0 Å². The van der Waals surface area contributed by atoms with Crippen molar-refractivity contribution in [2.24, 2.45) is 0 Å². The monoisotopic (exact) mass is 283 g/mol. The number of aliphatic hydroxyl groups is 1. The van der Waals surface area contributed by atoms with Crippen molar-refractivity contribution in [2.75, 3.05) is 18.5 Å². The lowest BCUT2D eigenvalue weighted by atomic mass is 10.0. The molecule has 0 atom stereocenters. The highest BCUT2D eigenvalue weighted by atomic mass is 16.3. The molecule has 0 saturated heterocycles. The molecule has 0 fully saturated rings. The number of fused-ring (bicyclic) bond motifs is 1. The topological polar surface area (TPSA) is 81.2 Å². The Morgan fingerprint density at radius 2 is 2.05 bits per heavy atom. The summed E-state index contributed by atoms with van der Waals surface area (Å²) in [5, 5.41) is 23.1. The molecule has 1 aromatic carbocycles. The van der Waals surface area contributed by atoms with E-state index >= 15 is 0 Å². The van der Waals surface area contributed by atoms with Crippen molar-refractivity contribution in [1.82, 2.24) is 9.97 Å². The van der Waals surface area contributed by atoms with E-state index in [-0.39, 0.29) is 12.4 Å². The van der Waals surface area contributed by atoms with Gasteiger partial charge >= 0.3 is 0 Å². The Labute approximate surface area is 122 Å². The molecular weight excluding hydrogens is 266 g/mol. The van der Waals surface area contributed by atoms with Gasteiger partial charge in [-0.15, -0.1) is 0 Å². The SMILES string of the molecule is Cc1ccc(O)c(-c2cc(NCCO)nc3[nH]ccc23)c1. The number of phenolic OH excluding ortho intramolecular Hbond substituents is 1. The van der Waals surface area contributed by atoms with Crippen LogP contribution in [0.1, 0.15) is 5.56 Å². The number of nitrogens with one attached hydrogen (secondary N) is 2. The molecule has 4 N–H and O–H groups in total. The number of hydrogen-bond donors (Lipinski definition) is 4. The fourth-order valence-electron chi connectivity index (χ4n) is 2.40. The number of phenols is 1. The van der Waals surface area contributed by atoms with Gasteiger partial charge in [0.25, 0.3) is 0 Å². The van der Waals surface area contributed by atoms with Gasteiger partial charge in [0.15, 0.2) is 0 Å². The van der Waals surface area contributed by atoms with Crippen LogP contribution in [0.25, 0.3) is 22.2 Å². The summed E-state index contributed by atoms with van der Waals surface area (Å²) in [6, 6.07) is 9.35. The van der Waals surface area contributed by atoms with Crippen LogP contribution in [0, 0.1) is 6.92 Å². The Morgan fingerprint density at radius 1 is 1.19 bits per heavy atom. The van der Waals surface area contributed by atoms with Crippen molar-refractivity contribution >= 4 is 16.9 Å². The van der Waals surface area contributed by atoms with Crippen molar-refractivity contribution in [3.8, 4) is 16.9 Å². The second-order valence-electron chi connectivity index (χ2n) is 4.97. The number of benzene rings is 1. The number of rotatable bonds is 4. The van der Waals surface area contributed by atoms with E-state index < -0.39 is 0 Å². The Balaban J connectivity index is 2.19. The summed E-state index contributed by atoms with van der Waals surface area (Å²) in [5.41, 5.74) is 3.50. The van der Waals surface area contributed by atoms with Crippen LogP contribution in [-0.4, -0.2) is 33.3 Å². The highest BCUT2D eigenvalue weighted by Crippen LogP contribution is 2.35. The van der Waals surface area contributed by atoms with Gasteiger partial charge in [-0.3, -0.25) is 0 Å². The molecule has 0 bridgehead atoms. The van der Waals surface area contributed by atoms with Crippen LogP contribution in [0.2, 0.25) is 0 Å². The molecule has 0 aliphatic heterocycles. The van der Waals surface area contributed by atoms with Crippen molar-refractivity contribution in [1.29, 1.82) is 0 Å². The molecule has 3 aromatic rings. The predicted octanol–water partition coefficient (Wildman–Crippen LogP) is 2.65. The summed E-state index contributed by atoms with van der Waals surface area (Å²) in [4.78, 5) is 7.54. The standard InChI is InChI=1S/C16H17N3O2/c1-10-2-3-14(21)13(8-10)12-9-15(17-6-7-20)19-16-11(12)4-5-18-16/h2-5,8-9,20-21H,6-7H2,1H3,(H2,17,18,19). The minimum absolute atomic E-state index is 0.0372. The average Bonchev–Trinajstić information content (AvgIpc) is 2.95. The molecule has 5 heteroatoms. The zero-order valence-corrected chi connectivity index (χ0v) is 11.7. The number of aromatic amines is 1. The van der Waals surface area contributed by atoms with Crippen LogP contribution in [-0.2, 0) is 0 Å². The van der Waals surface area contributed by atoms with Crippen molar-refractivity contribution in [3.05, 3.63) is 42.1 Å². The minimum Gasteiger partial charge on any atom is -0.507 e. The van der Waals surface area contributed by atoms with Gasteiger partial charge in [0.05, 0.1) is 6.61 Å². The number of aromatic hydroxyl groups is 1. The maximum Gasteiger partial charge on any atom is 0.140 e. The lowest BCUT2D eigenvalue weighted by Crippen LogP contribution is -2.07. The smallest absolute Gasteiger partial charge is 0.140 e. The normalized spacial score (nSPS) is 11.0. The number of aryl methyl sites for hydroxylation is 1. The van der Waals surface area contributed by atoms with Crippen molar-refractivity contribution < 1.29 is 10.2 Å². The third-order valence-corrected chi connectivity index (χ3v) is 3.39. The fraction of sp³-hybridized carbons (Fsp3) is 0.188. The van der Waals surface area contributed by atoms with Crippen LogP contribution in [0.5, 0.6) is 5.75 Å². The first-order valence-corrected chi connectivity index (χ1v) is 6.82. The van der Waals surface area contributed by atoms with Gasteiger partial charge in [-0.05, 0) is 31.2 Å². The second kappa shape index (κ2) is 5.46. The molecule has 2 aromatic heterocycles. The van der Waals surface area contributed by atoms with E-state index in [0.717, 1.165) is 27.7 Å². The van der Waals surface area contributed by atoms with Crippen LogP contribution < -0.4 is 5.32 Å². The number of aromatic nitrogens is 2. The third-order valence-electron chi connectivity index (χ3n) is 3.39. The molecular formula is C16H17N3O2. The molecule has 0 aliphatic carbocycles. The van der Waals surface area contributed by atoms with E-state index in [1.54, 1.807) is 6.07 Å². The van der Waals surface area contributed by atoms with E-state index in [4.69, 9.17) is 5.11 Å². The number of anilines is 1. The van der Waals surface area contributed by atoms with E-state index in [9.17, 15) is 5.11 Å². The van der Waals surface area contributed by atoms with E-state index in [1.807, 2.05) is 37.4 Å². The van der Waals surface area contributed by atoms with Gasteiger partial charge in [-0.25, -0.2) is 4.98 Å². The Hall–Kier alpha value is -2.53. The molecule has 0 aliphatic rings. The summed E-state index contributed by atoms with van der Waals surface area (Å²) in [5.74, 6) is 0.900. The first-order valence-electron chi connectivity index (χ1n) is 6.82. The van der Waals surface area contributed by atoms with Crippen molar-refractivity contribution in [2.45, 2.75) is 6.92 Å². The van der Waals surface area contributed by atoms with E-state index in [0.29, 0.717) is 12.4 Å². The summed E-state index contributed by atoms with van der Waals surface area (Å²) in [6.45, 7) is 2.46. The molecule has 0 unspecified atom stereocenters. The number of nitrogens with zero attached hydrogens (tertiary/aromatic N) is 1. The molecule has 3 rings (SSSR count). The summed E-state index contributed by atoms with van der Waals surface area (Å²) in [7, 11) is 0. The van der Waals surface area contributed by atoms with Gasteiger partial charge < -0.3 is 20.5 Å². The summed E-state index contributed by atoms with van der Waals surface area (Å²) >= 11 is 0. The number of H-pyrrole nitrogens is 1. The van der Waals surface area contributed by atoms with E-state index in [2.05, 4.69) is 15.3 Å². The molecule has 0 spiro atoms.